The van der Waals surface area contributed by atoms with Gasteiger partial charge in [-0.05, 0) is 23.6 Å². The molecule has 2 rings (SSSR count). The molecule has 1 N–H and O–H groups in total. The summed E-state index contributed by atoms with van der Waals surface area (Å²) in [7, 11) is 0. The van der Waals surface area contributed by atoms with Crippen LogP contribution in [-0.2, 0) is 11.2 Å². The maximum Gasteiger partial charge on any atom is 0.245 e. The molecule has 0 atom stereocenters. The van der Waals surface area contributed by atoms with Crippen LogP contribution in [0.3, 0.4) is 0 Å². The lowest BCUT2D eigenvalue weighted by atomic mass is 10.2. The van der Waals surface area contributed by atoms with Crippen LogP contribution in [0.1, 0.15) is 10.4 Å². The number of hydrogen-bond acceptors (Lipinski definition) is 3. The number of rotatable bonds is 4. The molecule has 0 aliphatic carbocycles. The minimum atomic E-state index is -0.726. The van der Waals surface area contributed by atoms with E-state index in [1.54, 1.807) is 0 Å². The van der Waals surface area contributed by atoms with E-state index in [9.17, 15) is 13.6 Å². The van der Waals surface area contributed by atoms with Crippen LogP contribution in [0.25, 0.3) is 0 Å². The number of benzene rings is 1. The van der Waals surface area contributed by atoms with E-state index in [1.807, 2.05) is 17.5 Å². The topological polar surface area (TPSA) is 41.5 Å². The zero-order valence-corrected chi connectivity index (χ0v) is 10.6. The van der Waals surface area contributed by atoms with Gasteiger partial charge in [0.2, 0.25) is 5.91 Å². The maximum atomic E-state index is 13.2. The van der Waals surface area contributed by atoms with Crippen molar-refractivity contribution in [1.82, 2.24) is 5.43 Å². The van der Waals surface area contributed by atoms with Crippen LogP contribution in [0.4, 0.5) is 8.78 Å². The molecule has 0 bridgehead atoms. The Morgan fingerprint density at radius 3 is 2.63 bits per heavy atom. The molecule has 6 heteroatoms. The zero-order chi connectivity index (χ0) is 13.7. The molecule has 19 heavy (non-hydrogen) atoms. The summed E-state index contributed by atoms with van der Waals surface area (Å²) in [5, 5.41) is 5.41. The summed E-state index contributed by atoms with van der Waals surface area (Å²) in [5.74, 6) is -1.79. The minimum absolute atomic E-state index is 0.189. The molecular weight excluding hydrogens is 270 g/mol. The Morgan fingerprint density at radius 2 is 2.00 bits per heavy atom. The Balaban J connectivity index is 1.95. The van der Waals surface area contributed by atoms with Crippen molar-refractivity contribution in [3.63, 3.8) is 0 Å². The Kier molecular flexibility index (Phi) is 4.35. The first-order valence-electron chi connectivity index (χ1n) is 5.45. The summed E-state index contributed by atoms with van der Waals surface area (Å²) >= 11 is 1.45. The Labute approximate surface area is 112 Å². The Bertz CT molecular complexity index is 576. The summed E-state index contributed by atoms with van der Waals surface area (Å²) < 4.78 is 26.5. The number of nitrogens with zero attached hydrogens (tertiary/aromatic N) is 1. The lowest BCUT2D eigenvalue weighted by Crippen LogP contribution is -2.19. The highest BCUT2D eigenvalue weighted by molar-refractivity contribution is 7.10. The van der Waals surface area contributed by atoms with E-state index < -0.39 is 11.6 Å². The molecular formula is C13H10F2N2OS. The van der Waals surface area contributed by atoms with E-state index in [0.29, 0.717) is 0 Å². The predicted molar refractivity (Wildman–Crippen MR) is 70.1 cm³/mol. The summed E-state index contributed by atoms with van der Waals surface area (Å²) in [4.78, 5) is 12.4. The van der Waals surface area contributed by atoms with Crippen molar-refractivity contribution in [2.75, 3.05) is 0 Å². The summed E-state index contributed by atoms with van der Waals surface area (Å²) in [6.07, 6.45) is 1.14. The Morgan fingerprint density at radius 1 is 1.26 bits per heavy atom. The number of halogens is 2. The average molecular weight is 280 g/mol. The van der Waals surface area contributed by atoms with Crippen LogP contribution in [0.5, 0.6) is 0 Å². The van der Waals surface area contributed by atoms with Gasteiger partial charge in [-0.3, -0.25) is 4.79 Å². The van der Waals surface area contributed by atoms with Gasteiger partial charge < -0.3 is 0 Å². The van der Waals surface area contributed by atoms with Crippen LogP contribution in [0, 0.1) is 11.6 Å². The van der Waals surface area contributed by atoms with E-state index in [1.165, 1.54) is 17.4 Å². The first-order chi connectivity index (χ1) is 9.16. The van der Waals surface area contributed by atoms with Gasteiger partial charge >= 0.3 is 0 Å². The molecule has 1 aromatic heterocycles. The van der Waals surface area contributed by atoms with Crippen molar-refractivity contribution in [2.24, 2.45) is 5.10 Å². The van der Waals surface area contributed by atoms with Gasteiger partial charge in [0.05, 0.1) is 18.2 Å². The highest BCUT2D eigenvalue weighted by Crippen LogP contribution is 2.10. The van der Waals surface area contributed by atoms with Crippen molar-refractivity contribution >= 4 is 23.5 Å². The molecule has 0 unspecified atom stereocenters. The van der Waals surface area contributed by atoms with Gasteiger partial charge in [-0.1, -0.05) is 12.1 Å². The summed E-state index contributed by atoms with van der Waals surface area (Å²) in [5.41, 5.74) is 1.95. The lowest BCUT2D eigenvalue weighted by Gasteiger charge is -1.99. The van der Waals surface area contributed by atoms with Gasteiger partial charge in [-0.15, -0.1) is 11.3 Å². The molecule has 0 aliphatic heterocycles. The molecule has 98 valence electrons. The Hall–Kier alpha value is -2.08. The first-order valence-corrected chi connectivity index (χ1v) is 6.33. The van der Waals surface area contributed by atoms with Gasteiger partial charge in [0, 0.05) is 4.88 Å². The van der Waals surface area contributed by atoms with E-state index in [-0.39, 0.29) is 17.9 Å². The fourth-order valence-corrected chi connectivity index (χ4v) is 2.12. The number of nitrogens with one attached hydrogen (secondary N) is 1. The summed E-state index contributed by atoms with van der Waals surface area (Å²) in [6, 6.07) is 7.17. The van der Waals surface area contributed by atoms with Gasteiger partial charge in [-0.25, -0.2) is 14.2 Å². The molecule has 0 saturated heterocycles. The van der Waals surface area contributed by atoms with Gasteiger partial charge in [0.15, 0.2) is 0 Å². The molecule has 0 radical (unpaired) electrons. The first kappa shape index (κ1) is 13.4. The second-order valence-electron chi connectivity index (χ2n) is 3.68. The third-order valence-electron chi connectivity index (χ3n) is 2.30. The minimum Gasteiger partial charge on any atom is -0.273 e. The number of carbonyl (C=O) groups excluding carboxylic acids is 1. The molecule has 1 aromatic carbocycles. The van der Waals surface area contributed by atoms with Gasteiger partial charge in [0.25, 0.3) is 0 Å². The molecule has 0 aliphatic rings. The third kappa shape index (κ3) is 3.69. The normalized spacial score (nSPS) is 10.8. The van der Waals surface area contributed by atoms with Crippen LogP contribution in [0.15, 0.2) is 40.8 Å². The van der Waals surface area contributed by atoms with Crippen LogP contribution in [0.2, 0.25) is 0 Å². The van der Waals surface area contributed by atoms with E-state index in [4.69, 9.17) is 0 Å². The van der Waals surface area contributed by atoms with Crippen molar-refractivity contribution < 1.29 is 13.6 Å². The number of carbonyl (C=O) groups is 1. The maximum absolute atomic E-state index is 13.2. The number of hydrazone groups is 1. The molecule has 0 spiro atoms. The quantitative estimate of drug-likeness (QED) is 0.679. The van der Waals surface area contributed by atoms with E-state index in [0.717, 1.165) is 23.2 Å². The fraction of sp³-hybridized carbons (Fsp3) is 0.0769. The van der Waals surface area contributed by atoms with Crippen LogP contribution < -0.4 is 5.43 Å². The largest absolute Gasteiger partial charge is 0.273 e. The smallest absolute Gasteiger partial charge is 0.245 e. The van der Waals surface area contributed by atoms with Crippen LogP contribution >= 0.6 is 11.3 Å². The predicted octanol–water partition coefficient (Wildman–Crippen LogP) is 2.72. The molecule has 0 fully saturated rings. The van der Waals surface area contributed by atoms with E-state index >= 15 is 0 Å². The lowest BCUT2D eigenvalue weighted by molar-refractivity contribution is -0.120. The highest BCUT2D eigenvalue weighted by Gasteiger charge is 2.06. The number of amides is 1. The SMILES string of the molecule is O=C(Cc1cccs1)N/N=C\c1c(F)cccc1F. The standard InChI is InChI=1S/C13H10F2N2OS/c14-11-4-1-5-12(15)10(11)8-16-17-13(18)7-9-3-2-6-19-9/h1-6,8H,7H2,(H,17,18)/b16-8-. The second-order valence-corrected chi connectivity index (χ2v) is 4.72. The number of hydrogen-bond donors (Lipinski definition) is 1. The van der Waals surface area contributed by atoms with Crippen molar-refractivity contribution in [2.45, 2.75) is 6.42 Å². The fourth-order valence-electron chi connectivity index (χ4n) is 1.41. The van der Waals surface area contributed by atoms with E-state index in [2.05, 4.69) is 10.5 Å². The molecule has 2 aromatic rings. The zero-order valence-electron chi connectivity index (χ0n) is 9.77. The number of thiophene rings is 1. The average Bonchev–Trinajstić information content (AvgIpc) is 2.85. The van der Waals surface area contributed by atoms with Crippen molar-refractivity contribution in [3.05, 3.63) is 57.8 Å². The summed E-state index contributed by atoms with van der Waals surface area (Å²) in [6.45, 7) is 0. The monoisotopic (exact) mass is 280 g/mol. The highest BCUT2D eigenvalue weighted by atomic mass is 32.1. The van der Waals surface area contributed by atoms with Gasteiger partial charge in [-0.2, -0.15) is 5.10 Å². The van der Waals surface area contributed by atoms with Gasteiger partial charge in [0.1, 0.15) is 11.6 Å². The molecule has 1 heterocycles. The van der Waals surface area contributed by atoms with Crippen molar-refractivity contribution in [1.29, 1.82) is 0 Å². The second kappa shape index (κ2) is 6.19. The molecule has 0 saturated carbocycles. The van der Waals surface area contributed by atoms with Crippen LogP contribution in [-0.4, -0.2) is 12.1 Å². The third-order valence-corrected chi connectivity index (χ3v) is 3.17. The molecule has 3 nitrogen and oxygen atoms in total. The van der Waals surface area contributed by atoms with Crippen molar-refractivity contribution in [3.8, 4) is 0 Å². The molecule has 1 amide bonds.